The highest BCUT2D eigenvalue weighted by atomic mass is 19.1. The number of benzene rings is 3. The van der Waals surface area contributed by atoms with Crippen LogP contribution in [0.25, 0.3) is 11.1 Å². The second kappa shape index (κ2) is 9.74. The fraction of sp³-hybridized carbons (Fsp3) is 0.192. The van der Waals surface area contributed by atoms with Crippen molar-refractivity contribution < 1.29 is 28.6 Å². The lowest BCUT2D eigenvalue weighted by atomic mass is 9.98. The zero-order valence-corrected chi connectivity index (χ0v) is 18.4. The summed E-state index contributed by atoms with van der Waals surface area (Å²) >= 11 is 0. The first-order chi connectivity index (χ1) is 16.3. The summed E-state index contributed by atoms with van der Waals surface area (Å²) in [6.45, 7) is 1.55. The monoisotopic (exact) mass is 462 g/mol. The number of carboxylic acids is 1. The van der Waals surface area contributed by atoms with Crippen LogP contribution in [0.2, 0.25) is 0 Å². The number of carboxylic acid groups (broad SMARTS) is 1. The normalized spacial score (nSPS) is 12.9. The van der Waals surface area contributed by atoms with Crippen molar-refractivity contribution in [1.29, 1.82) is 0 Å². The summed E-state index contributed by atoms with van der Waals surface area (Å²) in [5, 5.41) is 13.7. The molecular formula is C26H23FN2O5. The number of para-hydroxylation sites is 1. The lowest BCUT2D eigenvalue weighted by Crippen LogP contribution is -2.35. The standard InChI is InChI=1S/C26H23FN2O5/c1-15(13-23(30)31)28-25(32)20-11-6-12-22(27)24(20)29-26(33)34-14-21-18-9-4-2-7-16(18)17-8-3-5-10-19(17)21/h2-12,15,21H,13-14H2,1H3,(H,28,32)(H,29,33)(H,30,31)/t15-/m1/s1. The van der Waals surface area contributed by atoms with E-state index in [2.05, 4.69) is 10.6 Å². The van der Waals surface area contributed by atoms with Crippen LogP contribution < -0.4 is 10.6 Å². The van der Waals surface area contributed by atoms with Gasteiger partial charge in [-0.2, -0.15) is 0 Å². The molecule has 2 amide bonds. The number of ether oxygens (including phenoxy) is 1. The molecule has 3 N–H and O–H groups in total. The maximum Gasteiger partial charge on any atom is 0.411 e. The fourth-order valence-electron chi connectivity index (χ4n) is 4.19. The number of nitrogens with one attached hydrogen (secondary N) is 2. The number of fused-ring (bicyclic) bond motifs is 3. The van der Waals surface area contributed by atoms with Crippen LogP contribution in [-0.2, 0) is 9.53 Å². The van der Waals surface area contributed by atoms with E-state index in [4.69, 9.17) is 9.84 Å². The van der Waals surface area contributed by atoms with Gasteiger partial charge in [-0.05, 0) is 41.3 Å². The van der Waals surface area contributed by atoms with Gasteiger partial charge in [0.1, 0.15) is 12.4 Å². The van der Waals surface area contributed by atoms with Gasteiger partial charge >= 0.3 is 12.1 Å². The van der Waals surface area contributed by atoms with Gasteiger partial charge in [0.05, 0.1) is 17.7 Å². The van der Waals surface area contributed by atoms with Crippen molar-refractivity contribution in [1.82, 2.24) is 5.32 Å². The Morgan fingerprint density at radius 2 is 1.59 bits per heavy atom. The van der Waals surface area contributed by atoms with E-state index in [9.17, 15) is 18.8 Å². The predicted octanol–water partition coefficient (Wildman–Crippen LogP) is 4.78. The largest absolute Gasteiger partial charge is 0.481 e. The Balaban J connectivity index is 1.47. The van der Waals surface area contributed by atoms with Crippen molar-refractivity contribution in [3.8, 4) is 11.1 Å². The van der Waals surface area contributed by atoms with Crippen LogP contribution in [0.3, 0.4) is 0 Å². The highest BCUT2D eigenvalue weighted by molar-refractivity contribution is 6.03. The third-order valence-corrected chi connectivity index (χ3v) is 5.69. The predicted molar refractivity (Wildman–Crippen MR) is 124 cm³/mol. The summed E-state index contributed by atoms with van der Waals surface area (Å²) in [6, 6.07) is 18.8. The summed E-state index contributed by atoms with van der Waals surface area (Å²) in [6.07, 6.45) is -1.20. The first-order valence-corrected chi connectivity index (χ1v) is 10.8. The van der Waals surface area contributed by atoms with E-state index >= 15 is 0 Å². The molecule has 8 heteroatoms. The molecule has 1 atom stereocenters. The van der Waals surface area contributed by atoms with Crippen LogP contribution in [0.15, 0.2) is 66.7 Å². The lowest BCUT2D eigenvalue weighted by Gasteiger charge is -2.17. The molecule has 174 valence electrons. The first kappa shape index (κ1) is 23.0. The molecule has 3 aromatic rings. The van der Waals surface area contributed by atoms with Crippen LogP contribution in [0.1, 0.15) is 40.7 Å². The van der Waals surface area contributed by atoms with Crippen molar-refractivity contribution >= 4 is 23.7 Å². The molecule has 0 fully saturated rings. The summed E-state index contributed by atoms with van der Waals surface area (Å²) in [7, 11) is 0. The molecule has 3 aromatic carbocycles. The number of carbonyl (C=O) groups excluding carboxylic acids is 2. The van der Waals surface area contributed by atoms with Gasteiger partial charge in [-0.15, -0.1) is 0 Å². The summed E-state index contributed by atoms with van der Waals surface area (Å²) < 4.78 is 20.0. The third-order valence-electron chi connectivity index (χ3n) is 5.69. The van der Waals surface area contributed by atoms with E-state index in [-0.39, 0.29) is 30.2 Å². The van der Waals surface area contributed by atoms with Gasteiger partial charge in [0.2, 0.25) is 0 Å². The Labute approximate surface area is 195 Å². The van der Waals surface area contributed by atoms with Gasteiger partial charge in [0.25, 0.3) is 5.91 Å². The number of amides is 2. The van der Waals surface area contributed by atoms with Gasteiger partial charge in [-0.3, -0.25) is 14.9 Å². The van der Waals surface area contributed by atoms with E-state index in [0.717, 1.165) is 28.3 Å². The fourth-order valence-corrected chi connectivity index (χ4v) is 4.19. The van der Waals surface area contributed by atoms with Crippen molar-refractivity contribution in [3.63, 3.8) is 0 Å². The van der Waals surface area contributed by atoms with E-state index < -0.39 is 29.8 Å². The van der Waals surface area contributed by atoms with Crippen LogP contribution >= 0.6 is 0 Å². The number of aliphatic carboxylic acids is 1. The molecule has 0 bridgehead atoms. The van der Waals surface area contributed by atoms with Crippen LogP contribution in [0, 0.1) is 5.82 Å². The first-order valence-electron chi connectivity index (χ1n) is 10.8. The third kappa shape index (κ3) is 4.76. The number of rotatable bonds is 7. The van der Waals surface area contributed by atoms with Gasteiger partial charge < -0.3 is 15.2 Å². The molecule has 0 saturated carbocycles. The zero-order chi connectivity index (χ0) is 24.2. The van der Waals surface area contributed by atoms with Crippen LogP contribution in [0.5, 0.6) is 0 Å². The van der Waals surface area contributed by atoms with E-state index in [1.165, 1.54) is 19.1 Å². The molecule has 1 aliphatic carbocycles. The van der Waals surface area contributed by atoms with E-state index in [1.807, 2.05) is 48.5 Å². The Kier molecular flexibility index (Phi) is 6.58. The van der Waals surface area contributed by atoms with Crippen molar-refractivity contribution in [2.24, 2.45) is 0 Å². The minimum absolute atomic E-state index is 0.0332. The maximum atomic E-state index is 14.5. The second-order valence-corrected chi connectivity index (χ2v) is 8.09. The van der Waals surface area contributed by atoms with Crippen LogP contribution in [0.4, 0.5) is 14.9 Å². The summed E-state index contributed by atoms with van der Waals surface area (Å²) in [5.74, 6) is -2.77. The molecule has 4 rings (SSSR count). The maximum absolute atomic E-state index is 14.5. The molecule has 1 aliphatic rings. The lowest BCUT2D eigenvalue weighted by molar-refractivity contribution is -0.137. The number of halogens is 1. The number of hydrogen-bond donors (Lipinski definition) is 3. The molecule has 0 heterocycles. The summed E-state index contributed by atoms with van der Waals surface area (Å²) in [4.78, 5) is 36.0. The molecule has 0 radical (unpaired) electrons. The molecule has 34 heavy (non-hydrogen) atoms. The van der Waals surface area contributed by atoms with Crippen LogP contribution in [-0.4, -0.2) is 35.7 Å². The number of carbonyl (C=O) groups is 3. The molecule has 0 spiro atoms. The molecule has 7 nitrogen and oxygen atoms in total. The van der Waals surface area contributed by atoms with Crippen molar-refractivity contribution in [2.75, 3.05) is 11.9 Å². The summed E-state index contributed by atoms with van der Waals surface area (Å²) in [5.41, 5.74) is 3.77. The number of anilines is 1. The molecule has 0 unspecified atom stereocenters. The van der Waals surface area contributed by atoms with Gasteiger partial charge in [-0.1, -0.05) is 54.6 Å². The van der Waals surface area contributed by atoms with Gasteiger partial charge in [0, 0.05) is 12.0 Å². The molecular weight excluding hydrogens is 439 g/mol. The van der Waals surface area contributed by atoms with Crippen molar-refractivity contribution in [3.05, 3.63) is 89.2 Å². The minimum Gasteiger partial charge on any atom is -0.481 e. The SMILES string of the molecule is C[C@H](CC(=O)O)NC(=O)c1cccc(F)c1NC(=O)OCC1c2ccccc2-c2ccccc21. The van der Waals surface area contributed by atoms with Gasteiger partial charge in [-0.25, -0.2) is 9.18 Å². The zero-order valence-electron chi connectivity index (χ0n) is 18.4. The van der Waals surface area contributed by atoms with E-state index in [1.54, 1.807) is 0 Å². The number of hydrogen-bond acceptors (Lipinski definition) is 4. The van der Waals surface area contributed by atoms with E-state index in [0.29, 0.717) is 0 Å². The molecule has 0 aliphatic heterocycles. The Hall–Kier alpha value is -4.20. The highest BCUT2D eigenvalue weighted by Crippen LogP contribution is 2.44. The topological polar surface area (TPSA) is 105 Å². The van der Waals surface area contributed by atoms with Gasteiger partial charge in [0.15, 0.2) is 0 Å². The molecule has 0 saturated heterocycles. The quantitative estimate of drug-likeness (QED) is 0.469. The average molecular weight is 462 g/mol. The Bertz CT molecular complexity index is 1210. The second-order valence-electron chi connectivity index (χ2n) is 8.09. The molecule has 0 aromatic heterocycles. The Morgan fingerprint density at radius 3 is 2.21 bits per heavy atom. The highest BCUT2D eigenvalue weighted by Gasteiger charge is 2.29. The smallest absolute Gasteiger partial charge is 0.411 e. The Morgan fingerprint density at radius 1 is 0.971 bits per heavy atom. The minimum atomic E-state index is -1.08. The van der Waals surface area contributed by atoms with Crippen molar-refractivity contribution in [2.45, 2.75) is 25.3 Å². The average Bonchev–Trinajstić information content (AvgIpc) is 3.12.